The quantitative estimate of drug-likeness (QED) is 0.572. The number of fused-ring (bicyclic) bond motifs is 1. The molecule has 2 aromatic carbocycles. The average molecular weight is 358 g/mol. The van der Waals surface area contributed by atoms with Crippen LogP contribution in [0.2, 0.25) is 0 Å². The van der Waals surface area contributed by atoms with E-state index in [0.717, 1.165) is 16.9 Å². The summed E-state index contributed by atoms with van der Waals surface area (Å²) in [4.78, 5) is 21.2. The third kappa shape index (κ3) is 3.62. The minimum absolute atomic E-state index is 0.146. The minimum atomic E-state index is -0.483. The number of hydrogen-bond donors (Lipinski definition) is 2. The van der Waals surface area contributed by atoms with Crippen LogP contribution in [0.15, 0.2) is 73.1 Å². The number of nitrogens with one attached hydrogen (secondary N) is 2. The van der Waals surface area contributed by atoms with Gasteiger partial charge < -0.3 is 10.6 Å². The fourth-order valence-corrected chi connectivity index (χ4v) is 2.73. The summed E-state index contributed by atoms with van der Waals surface area (Å²) in [5.41, 5.74) is 2.48. The molecule has 0 fully saturated rings. The van der Waals surface area contributed by atoms with E-state index in [1.54, 1.807) is 11.4 Å². The van der Waals surface area contributed by atoms with Crippen LogP contribution in [0.4, 0.5) is 11.5 Å². The normalized spacial score (nSPS) is 11.9. The second-order valence-electron chi connectivity index (χ2n) is 6.09. The van der Waals surface area contributed by atoms with Gasteiger partial charge in [-0.05, 0) is 19.1 Å². The van der Waals surface area contributed by atoms with Gasteiger partial charge in [-0.25, -0.2) is 4.98 Å². The van der Waals surface area contributed by atoms with Crippen LogP contribution in [0.25, 0.3) is 17.0 Å². The summed E-state index contributed by atoms with van der Waals surface area (Å²) < 4.78 is 1.58. The van der Waals surface area contributed by atoms with Gasteiger partial charge in [0.25, 0.3) is 5.78 Å². The van der Waals surface area contributed by atoms with E-state index in [2.05, 4.69) is 25.7 Å². The highest BCUT2D eigenvalue weighted by atomic mass is 16.2. The molecule has 0 radical (unpaired) electrons. The number of hydrogen-bond acceptors (Lipinski definition) is 5. The van der Waals surface area contributed by atoms with Crippen LogP contribution in [-0.4, -0.2) is 31.5 Å². The van der Waals surface area contributed by atoms with Gasteiger partial charge in [0.2, 0.25) is 5.91 Å². The van der Waals surface area contributed by atoms with Crippen LogP contribution in [0.3, 0.4) is 0 Å². The molecule has 0 aliphatic rings. The van der Waals surface area contributed by atoms with Crippen LogP contribution < -0.4 is 10.6 Å². The Morgan fingerprint density at radius 3 is 2.48 bits per heavy atom. The Labute approximate surface area is 156 Å². The summed E-state index contributed by atoms with van der Waals surface area (Å²) in [6.45, 7) is 1.80. The number of benzene rings is 2. The lowest BCUT2D eigenvalue weighted by Gasteiger charge is -2.16. The maximum absolute atomic E-state index is 12.5. The van der Waals surface area contributed by atoms with E-state index in [-0.39, 0.29) is 5.91 Å². The molecule has 4 rings (SSSR count). The first kappa shape index (κ1) is 16.7. The van der Waals surface area contributed by atoms with Gasteiger partial charge in [-0.15, -0.1) is 0 Å². The zero-order valence-corrected chi connectivity index (χ0v) is 14.7. The number of para-hydroxylation sites is 1. The summed E-state index contributed by atoms with van der Waals surface area (Å²) in [6, 6.07) is 20.5. The number of nitrogens with zero attached hydrogens (tertiary/aromatic N) is 4. The number of anilines is 2. The van der Waals surface area contributed by atoms with Gasteiger partial charge in [-0.1, -0.05) is 48.5 Å². The lowest BCUT2D eigenvalue weighted by atomic mass is 10.1. The van der Waals surface area contributed by atoms with Crippen LogP contribution in [0.5, 0.6) is 0 Å². The van der Waals surface area contributed by atoms with Gasteiger partial charge in [-0.2, -0.15) is 14.6 Å². The summed E-state index contributed by atoms with van der Waals surface area (Å²) in [7, 11) is 0. The van der Waals surface area contributed by atoms with Crippen molar-refractivity contribution >= 4 is 23.2 Å². The summed E-state index contributed by atoms with van der Waals surface area (Å²) in [6.07, 6.45) is 1.44. The lowest BCUT2D eigenvalue weighted by molar-refractivity contribution is -0.116. The highest BCUT2D eigenvalue weighted by Gasteiger charge is 2.16. The SMILES string of the molecule is CC(Nc1cc(-c2ccccc2)nc2ncnn12)C(=O)Nc1ccccc1. The van der Waals surface area contributed by atoms with Crippen molar-refractivity contribution in [2.24, 2.45) is 0 Å². The maximum Gasteiger partial charge on any atom is 0.254 e. The van der Waals surface area contributed by atoms with Gasteiger partial charge in [0.15, 0.2) is 0 Å². The van der Waals surface area contributed by atoms with E-state index in [4.69, 9.17) is 0 Å². The fourth-order valence-electron chi connectivity index (χ4n) is 2.73. The van der Waals surface area contributed by atoms with Gasteiger partial charge in [0.05, 0.1) is 5.69 Å². The first-order valence-electron chi connectivity index (χ1n) is 8.59. The third-order valence-electron chi connectivity index (χ3n) is 4.12. The molecule has 1 atom stereocenters. The molecule has 1 unspecified atom stereocenters. The molecule has 7 nitrogen and oxygen atoms in total. The van der Waals surface area contributed by atoms with Crippen molar-refractivity contribution < 1.29 is 4.79 Å². The molecule has 2 N–H and O–H groups in total. The summed E-state index contributed by atoms with van der Waals surface area (Å²) in [5, 5.41) is 10.3. The fraction of sp³-hybridized carbons (Fsp3) is 0.100. The van der Waals surface area contributed by atoms with Crippen molar-refractivity contribution in [2.45, 2.75) is 13.0 Å². The van der Waals surface area contributed by atoms with Crippen molar-refractivity contribution in [1.29, 1.82) is 0 Å². The van der Waals surface area contributed by atoms with Crippen LogP contribution in [-0.2, 0) is 4.79 Å². The standard InChI is InChI=1S/C20H18N6O/c1-14(19(27)24-16-10-6-3-7-11-16)23-18-12-17(15-8-4-2-5-9-15)25-20-21-13-22-26(18)20/h2-14,23H,1H3,(H,24,27). The van der Waals surface area contributed by atoms with Crippen LogP contribution >= 0.6 is 0 Å². The molecular weight excluding hydrogens is 340 g/mol. The van der Waals surface area contributed by atoms with Crippen molar-refractivity contribution in [3.63, 3.8) is 0 Å². The summed E-state index contributed by atoms with van der Waals surface area (Å²) >= 11 is 0. The van der Waals surface area contributed by atoms with E-state index in [0.29, 0.717) is 11.6 Å². The zero-order chi connectivity index (χ0) is 18.6. The van der Waals surface area contributed by atoms with Crippen molar-refractivity contribution in [1.82, 2.24) is 19.6 Å². The molecule has 1 amide bonds. The first-order chi connectivity index (χ1) is 13.2. The lowest BCUT2D eigenvalue weighted by Crippen LogP contribution is -2.32. The Balaban J connectivity index is 1.61. The minimum Gasteiger partial charge on any atom is -0.358 e. The monoisotopic (exact) mass is 358 g/mol. The number of carbonyl (C=O) groups excluding carboxylic acids is 1. The number of rotatable bonds is 5. The molecule has 0 bridgehead atoms. The maximum atomic E-state index is 12.5. The number of amides is 1. The van der Waals surface area contributed by atoms with Gasteiger partial charge in [0.1, 0.15) is 18.2 Å². The largest absolute Gasteiger partial charge is 0.358 e. The Morgan fingerprint density at radius 1 is 1.04 bits per heavy atom. The highest BCUT2D eigenvalue weighted by Crippen LogP contribution is 2.21. The predicted molar refractivity (Wildman–Crippen MR) is 104 cm³/mol. The second-order valence-corrected chi connectivity index (χ2v) is 6.09. The average Bonchev–Trinajstić information content (AvgIpc) is 3.18. The van der Waals surface area contributed by atoms with E-state index in [1.165, 1.54) is 6.33 Å². The Bertz CT molecular complexity index is 1060. The van der Waals surface area contributed by atoms with Crippen LogP contribution in [0, 0.1) is 0 Å². The molecule has 2 heterocycles. The first-order valence-corrected chi connectivity index (χ1v) is 8.59. The topological polar surface area (TPSA) is 84.2 Å². The molecule has 0 spiro atoms. The van der Waals surface area contributed by atoms with Gasteiger partial charge in [-0.3, -0.25) is 4.79 Å². The second kappa shape index (κ2) is 7.25. The zero-order valence-electron chi connectivity index (χ0n) is 14.7. The van der Waals surface area contributed by atoms with Crippen molar-refractivity contribution in [2.75, 3.05) is 10.6 Å². The Kier molecular flexibility index (Phi) is 4.49. The van der Waals surface area contributed by atoms with Crippen LogP contribution in [0.1, 0.15) is 6.92 Å². The van der Waals surface area contributed by atoms with E-state index in [9.17, 15) is 4.79 Å². The third-order valence-corrected chi connectivity index (χ3v) is 4.12. The summed E-state index contributed by atoms with van der Waals surface area (Å²) in [5.74, 6) is 0.967. The van der Waals surface area contributed by atoms with E-state index in [1.807, 2.05) is 66.7 Å². The Morgan fingerprint density at radius 2 is 1.74 bits per heavy atom. The highest BCUT2D eigenvalue weighted by molar-refractivity contribution is 5.96. The van der Waals surface area contributed by atoms with Gasteiger partial charge >= 0.3 is 0 Å². The molecular formula is C20H18N6O. The molecule has 2 aromatic heterocycles. The molecule has 4 aromatic rings. The van der Waals surface area contributed by atoms with E-state index < -0.39 is 6.04 Å². The molecule has 0 saturated heterocycles. The smallest absolute Gasteiger partial charge is 0.254 e. The number of aromatic nitrogens is 4. The van der Waals surface area contributed by atoms with E-state index >= 15 is 0 Å². The van der Waals surface area contributed by atoms with Gasteiger partial charge in [0, 0.05) is 17.3 Å². The van der Waals surface area contributed by atoms with Crippen molar-refractivity contribution in [3.8, 4) is 11.3 Å². The molecule has 0 aliphatic carbocycles. The molecule has 134 valence electrons. The molecule has 0 aliphatic heterocycles. The number of carbonyl (C=O) groups is 1. The Hall–Kier alpha value is -3.74. The van der Waals surface area contributed by atoms with Crippen molar-refractivity contribution in [3.05, 3.63) is 73.1 Å². The molecule has 27 heavy (non-hydrogen) atoms. The molecule has 7 heteroatoms. The molecule has 0 saturated carbocycles. The predicted octanol–water partition coefficient (Wildman–Crippen LogP) is 3.23.